The van der Waals surface area contributed by atoms with E-state index in [4.69, 9.17) is 18.9 Å². The second-order valence-electron chi connectivity index (χ2n) is 6.15. The van der Waals surface area contributed by atoms with Crippen LogP contribution in [0.1, 0.15) is 31.1 Å². The zero-order chi connectivity index (χ0) is 23.7. The molecule has 32 heavy (non-hydrogen) atoms. The Bertz CT molecular complexity index is 969. The van der Waals surface area contributed by atoms with Gasteiger partial charge in [-0.25, -0.2) is 4.79 Å². The summed E-state index contributed by atoms with van der Waals surface area (Å²) in [5, 5.41) is 13.1. The van der Waals surface area contributed by atoms with Crippen LogP contribution in [0.5, 0.6) is 17.2 Å². The Labute approximate surface area is 183 Å². The number of hydrogen-bond donors (Lipinski definition) is 1. The molecule has 2 aromatic rings. The number of benzene rings is 2. The number of nitro benzene ring substituents is 1. The summed E-state index contributed by atoms with van der Waals surface area (Å²) in [5.74, 6) is -1.70. The van der Waals surface area contributed by atoms with E-state index in [-0.39, 0.29) is 22.7 Å². The Balaban J connectivity index is 2.12. The van der Waals surface area contributed by atoms with Crippen molar-refractivity contribution in [1.82, 2.24) is 0 Å². The molecule has 1 N–H and O–H groups in total. The molecule has 2 aromatic carbocycles. The van der Waals surface area contributed by atoms with Gasteiger partial charge in [-0.15, -0.1) is 0 Å². The smallest absolute Gasteiger partial charge is 0.338 e. The molecule has 0 aliphatic carbocycles. The second-order valence-corrected chi connectivity index (χ2v) is 6.15. The van der Waals surface area contributed by atoms with Crippen LogP contribution in [0.15, 0.2) is 30.3 Å². The van der Waals surface area contributed by atoms with Crippen molar-refractivity contribution in [2.75, 3.05) is 31.7 Å². The summed E-state index contributed by atoms with van der Waals surface area (Å²) in [6, 6.07) is 5.70. The number of hydrogen-bond acceptors (Lipinski definition) is 8. The fourth-order valence-corrected chi connectivity index (χ4v) is 2.65. The van der Waals surface area contributed by atoms with Gasteiger partial charge < -0.3 is 24.3 Å². The van der Waals surface area contributed by atoms with Gasteiger partial charge >= 0.3 is 11.7 Å². The molecule has 0 radical (unpaired) electrons. The first-order valence-electron chi connectivity index (χ1n) is 9.77. The lowest BCUT2D eigenvalue weighted by atomic mass is 10.2. The number of carbonyl (C=O) groups excluding carboxylic acids is 2. The molecule has 0 unspecified atom stereocenters. The maximum atomic E-state index is 13.4. The van der Waals surface area contributed by atoms with Crippen LogP contribution in [0.25, 0.3) is 0 Å². The normalized spacial score (nSPS) is 10.2. The van der Waals surface area contributed by atoms with Crippen LogP contribution in [-0.4, -0.2) is 43.2 Å². The maximum Gasteiger partial charge on any atom is 0.338 e. The monoisotopic (exact) mass is 450 g/mol. The van der Waals surface area contributed by atoms with E-state index in [1.165, 1.54) is 12.1 Å². The van der Waals surface area contributed by atoms with Crippen LogP contribution in [0.4, 0.5) is 15.8 Å². The number of nitrogens with one attached hydrogen (secondary N) is 1. The molecule has 0 aliphatic heterocycles. The molecule has 0 atom stereocenters. The van der Waals surface area contributed by atoms with Gasteiger partial charge in [-0.2, -0.15) is 4.39 Å². The number of anilines is 1. The van der Waals surface area contributed by atoms with Crippen LogP contribution < -0.4 is 19.5 Å². The predicted molar refractivity (Wildman–Crippen MR) is 112 cm³/mol. The first kappa shape index (κ1) is 24.4. The third kappa shape index (κ3) is 6.30. The molecule has 0 spiro atoms. The Hall–Kier alpha value is -3.89. The summed E-state index contributed by atoms with van der Waals surface area (Å²) in [6.45, 7) is 5.64. The van der Waals surface area contributed by atoms with E-state index < -0.39 is 34.9 Å². The SMILES string of the molecule is CCOc1cc(C(=O)OCC(=O)Nc2ccc(F)c([N+](=O)[O-])c2)cc(OCC)c1OCC. The van der Waals surface area contributed by atoms with Gasteiger partial charge in [0.15, 0.2) is 18.1 Å². The number of rotatable bonds is 11. The fraction of sp³-hybridized carbons (Fsp3) is 0.333. The van der Waals surface area contributed by atoms with Gasteiger partial charge in [0.05, 0.1) is 30.3 Å². The van der Waals surface area contributed by atoms with E-state index in [0.29, 0.717) is 25.6 Å². The van der Waals surface area contributed by atoms with E-state index in [9.17, 15) is 24.1 Å². The number of nitro groups is 1. The van der Waals surface area contributed by atoms with Crippen molar-refractivity contribution in [3.63, 3.8) is 0 Å². The molecule has 0 fully saturated rings. The molecule has 2 rings (SSSR count). The highest BCUT2D eigenvalue weighted by atomic mass is 19.1. The minimum atomic E-state index is -1.04. The van der Waals surface area contributed by atoms with Crippen molar-refractivity contribution < 1.29 is 37.9 Å². The Kier molecular flexibility index (Phi) is 8.75. The molecule has 10 nitrogen and oxygen atoms in total. The van der Waals surface area contributed by atoms with Crippen molar-refractivity contribution in [2.24, 2.45) is 0 Å². The fourth-order valence-electron chi connectivity index (χ4n) is 2.65. The molecule has 0 saturated heterocycles. The number of halogens is 1. The Morgan fingerprint density at radius 3 is 2.12 bits per heavy atom. The van der Waals surface area contributed by atoms with Gasteiger partial charge in [0.2, 0.25) is 11.6 Å². The minimum absolute atomic E-state index is 0.0162. The van der Waals surface area contributed by atoms with Crippen LogP contribution in [0, 0.1) is 15.9 Å². The van der Waals surface area contributed by atoms with Gasteiger partial charge in [-0.1, -0.05) is 0 Å². The van der Waals surface area contributed by atoms with Crippen LogP contribution in [0.2, 0.25) is 0 Å². The van der Waals surface area contributed by atoms with Gasteiger partial charge in [-0.3, -0.25) is 14.9 Å². The zero-order valence-corrected chi connectivity index (χ0v) is 17.8. The molecular weight excluding hydrogens is 427 g/mol. The van der Waals surface area contributed by atoms with E-state index in [1.54, 1.807) is 20.8 Å². The summed E-state index contributed by atoms with van der Waals surface area (Å²) < 4.78 is 35.1. The molecule has 0 aliphatic rings. The molecular formula is C21H23FN2O8. The molecule has 0 aromatic heterocycles. The molecule has 11 heteroatoms. The van der Waals surface area contributed by atoms with Crippen molar-refractivity contribution in [3.8, 4) is 17.2 Å². The lowest BCUT2D eigenvalue weighted by Gasteiger charge is -2.16. The highest BCUT2D eigenvalue weighted by Gasteiger charge is 2.20. The summed E-state index contributed by atoms with van der Waals surface area (Å²) in [5.41, 5.74) is -0.732. The second kappa shape index (κ2) is 11.5. The largest absolute Gasteiger partial charge is 0.490 e. The number of amides is 1. The first-order chi connectivity index (χ1) is 15.3. The maximum absolute atomic E-state index is 13.4. The van der Waals surface area contributed by atoms with Crippen LogP contribution in [-0.2, 0) is 9.53 Å². The molecule has 0 saturated carbocycles. The van der Waals surface area contributed by atoms with E-state index in [1.807, 2.05) is 0 Å². The molecule has 172 valence electrons. The lowest BCUT2D eigenvalue weighted by molar-refractivity contribution is -0.387. The highest BCUT2D eigenvalue weighted by molar-refractivity contribution is 5.96. The minimum Gasteiger partial charge on any atom is -0.490 e. The number of nitrogens with zero attached hydrogens (tertiary/aromatic N) is 1. The van der Waals surface area contributed by atoms with Crippen LogP contribution in [0.3, 0.4) is 0 Å². The lowest BCUT2D eigenvalue weighted by Crippen LogP contribution is -2.21. The van der Waals surface area contributed by atoms with E-state index in [2.05, 4.69) is 5.32 Å². The third-order valence-corrected chi connectivity index (χ3v) is 3.91. The first-order valence-corrected chi connectivity index (χ1v) is 9.77. The summed E-state index contributed by atoms with van der Waals surface area (Å²) >= 11 is 0. The summed E-state index contributed by atoms with van der Waals surface area (Å²) in [7, 11) is 0. The van der Waals surface area contributed by atoms with E-state index in [0.717, 1.165) is 18.2 Å². The van der Waals surface area contributed by atoms with Gasteiger partial charge in [0, 0.05) is 11.8 Å². The van der Waals surface area contributed by atoms with Crippen molar-refractivity contribution in [2.45, 2.75) is 20.8 Å². The van der Waals surface area contributed by atoms with Gasteiger partial charge in [-0.05, 0) is 45.0 Å². The van der Waals surface area contributed by atoms with Gasteiger partial charge in [0.25, 0.3) is 5.91 Å². The summed E-state index contributed by atoms with van der Waals surface area (Å²) in [4.78, 5) is 34.4. The molecule has 0 heterocycles. The average molecular weight is 450 g/mol. The highest BCUT2D eigenvalue weighted by Crippen LogP contribution is 2.39. The standard InChI is InChI=1S/C21H23FN2O8/c1-4-29-17-9-13(10-18(30-5-2)20(17)31-6-3)21(26)32-12-19(25)23-14-7-8-15(22)16(11-14)24(27)28/h7-11H,4-6,12H2,1-3H3,(H,23,25). The predicted octanol–water partition coefficient (Wildman–Crippen LogP) is 3.73. The van der Waals surface area contributed by atoms with Crippen LogP contribution >= 0.6 is 0 Å². The Morgan fingerprint density at radius 2 is 1.59 bits per heavy atom. The number of esters is 1. The zero-order valence-electron chi connectivity index (χ0n) is 17.8. The average Bonchev–Trinajstić information content (AvgIpc) is 2.75. The van der Waals surface area contributed by atoms with Crippen molar-refractivity contribution in [3.05, 3.63) is 51.8 Å². The van der Waals surface area contributed by atoms with Gasteiger partial charge in [0.1, 0.15) is 0 Å². The van der Waals surface area contributed by atoms with Crippen molar-refractivity contribution in [1.29, 1.82) is 0 Å². The number of carbonyl (C=O) groups is 2. The number of ether oxygens (including phenoxy) is 4. The molecule has 1 amide bonds. The van der Waals surface area contributed by atoms with Crippen molar-refractivity contribution >= 4 is 23.3 Å². The summed E-state index contributed by atoms with van der Waals surface area (Å²) in [6.07, 6.45) is 0. The third-order valence-electron chi connectivity index (χ3n) is 3.91. The molecule has 0 bridgehead atoms. The van der Waals surface area contributed by atoms with E-state index >= 15 is 0 Å². The Morgan fingerprint density at radius 1 is 1.00 bits per heavy atom. The quantitative estimate of drug-likeness (QED) is 0.312. The topological polar surface area (TPSA) is 126 Å².